The molecule has 27 heavy (non-hydrogen) atoms. The molecule has 0 fully saturated rings. The van der Waals surface area contributed by atoms with Gasteiger partial charge in [-0.05, 0) is 35.7 Å². The van der Waals surface area contributed by atoms with Gasteiger partial charge in [0.2, 0.25) is 0 Å². The lowest BCUT2D eigenvalue weighted by Crippen LogP contribution is -2.28. The molecule has 0 saturated carbocycles. The van der Waals surface area contributed by atoms with Crippen LogP contribution in [0.3, 0.4) is 0 Å². The minimum atomic E-state index is -0.262. The van der Waals surface area contributed by atoms with Gasteiger partial charge in [-0.3, -0.25) is 0 Å². The highest BCUT2D eigenvalue weighted by atomic mass is 35.5. The molecule has 0 spiro atoms. The van der Waals surface area contributed by atoms with Crippen LogP contribution in [0.15, 0.2) is 66.0 Å². The molecule has 0 unspecified atom stereocenters. The minimum absolute atomic E-state index is 0.262. The Morgan fingerprint density at radius 1 is 1.11 bits per heavy atom. The number of benzene rings is 2. The summed E-state index contributed by atoms with van der Waals surface area (Å²) in [7, 11) is 2.06. The van der Waals surface area contributed by atoms with Gasteiger partial charge in [-0.25, -0.2) is 4.79 Å². The second-order valence-electron chi connectivity index (χ2n) is 6.20. The number of urea groups is 1. The van der Waals surface area contributed by atoms with Crippen LogP contribution in [0.4, 0.5) is 10.5 Å². The number of nitrogens with one attached hydrogen (secondary N) is 2. The number of carbonyl (C=O) groups is 1. The van der Waals surface area contributed by atoms with Crippen molar-refractivity contribution in [3.63, 3.8) is 0 Å². The molecule has 0 bridgehead atoms. The van der Waals surface area contributed by atoms with E-state index < -0.39 is 0 Å². The van der Waals surface area contributed by atoms with Crippen LogP contribution in [0.1, 0.15) is 5.56 Å². The van der Waals surface area contributed by atoms with Crippen molar-refractivity contribution < 1.29 is 4.79 Å². The molecule has 4 aromatic rings. The van der Waals surface area contributed by atoms with Gasteiger partial charge >= 0.3 is 6.03 Å². The van der Waals surface area contributed by atoms with Gasteiger partial charge in [0.15, 0.2) is 0 Å². The van der Waals surface area contributed by atoms with Gasteiger partial charge < -0.3 is 15.2 Å². The number of amides is 2. The Hall–Kier alpha value is -2.76. The van der Waals surface area contributed by atoms with Crippen LogP contribution in [-0.2, 0) is 13.6 Å². The van der Waals surface area contributed by atoms with Crippen molar-refractivity contribution in [1.82, 2.24) is 9.88 Å². The quantitative estimate of drug-likeness (QED) is 0.445. The molecule has 2 amide bonds. The number of nitrogens with zero attached hydrogens (tertiary/aromatic N) is 1. The Morgan fingerprint density at radius 3 is 2.74 bits per heavy atom. The summed E-state index contributed by atoms with van der Waals surface area (Å²) < 4.78 is 2.19. The number of thiophene rings is 1. The molecule has 4 rings (SSSR count). The summed E-state index contributed by atoms with van der Waals surface area (Å²) in [5, 5.41) is 9.59. The Balaban J connectivity index is 1.62. The summed E-state index contributed by atoms with van der Waals surface area (Å²) in [5.74, 6) is 0. The summed E-state index contributed by atoms with van der Waals surface area (Å²) >= 11 is 7.67. The van der Waals surface area contributed by atoms with Gasteiger partial charge in [0, 0.05) is 40.8 Å². The van der Waals surface area contributed by atoms with E-state index in [0.29, 0.717) is 17.3 Å². The van der Waals surface area contributed by atoms with Crippen LogP contribution in [-0.4, -0.2) is 10.6 Å². The predicted molar refractivity (Wildman–Crippen MR) is 114 cm³/mol. The van der Waals surface area contributed by atoms with Gasteiger partial charge in [0.05, 0.1) is 10.6 Å². The van der Waals surface area contributed by atoms with Crippen molar-refractivity contribution in [2.24, 2.45) is 7.05 Å². The lowest BCUT2D eigenvalue weighted by Gasteiger charge is -2.10. The third-order valence-electron chi connectivity index (χ3n) is 4.47. The number of hydrogen-bond donors (Lipinski definition) is 2. The van der Waals surface area contributed by atoms with Crippen molar-refractivity contribution >= 4 is 45.6 Å². The largest absolute Gasteiger partial charge is 0.343 e. The van der Waals surface area contributed by atoms with Crippen LogP contribution < -0.4 is 10.6 Å². The number of fused-ring (bicyclic) bond motifs is 1. The van der Waals surface area contributed by atoms with E-state index in [1.807, 2.05) is 18.2 Å². The van der Waals surface area contributed by atoms with E-state index in [0.717, 1.165) is 22.2 Å². The summed E-state index contributed by atoms with van der Waals surface area (Å²) in [6.07, 6.45) is 0. The zero-order valence-electron chi connectivity index (χ0n) is 14.7. The van der Waals surface area contributed by atoms with E-state index in [9.17, 15) is 4.79 Å². The zero-order valence-corrected chi connectivity index (χ0v) is 16.3. The van der Waals surface area contributed by atoms with Crippen molar-refractivity contribution in [3.8, 4) is 10.6 Å². The molecule has 0 atom stereocenters. The fourth-order valence-corrected chi connectivity index (χ4v) is 4.31. The van der Waals surface area contributed by atoms with Gasteiger partial charge in [0.1, 0.15) is 0 Å². The molecule has 136 valence electrons. The maximum Gasteiger partial charge on any atom is 0.319 e. The van der Waals surface area contributed by atoms with Crippen molar-refractivity contribution in [1.29, 1.82) is 0 Å². The summed E-state index contributed by atoms with van der Waals surface area (Å²) in [6, 6.07) is 19.2. The molecule has 2 aromatic carbocycles. The van der Waals surface area contributed by atoms with Crippen LogP contribution in [0.2, 0.25) is 5.02 Å². The van der Waals surface area contributed by atoms with E-state index >= 15 is 0 Å². The van der Waals surface area contributed by atoms with Gasteiger partial charge in [-0.1, -0.05) is 41.9 Å². The number of aromatic nitrogens is 1. The summed E-state index contributed by atoms with van der Waals surface area (Å²) in [4.78, 5) is 13.5. The van der Waals surface area contributed by atoms with Gasteiger partial charge in [-0.2, -0.15) is 0 Å². The highest BCUT2D eigenvalue weighted by molar-refractivity contribution is 7.13. The van der Waals surface area contributed by atoms with Gasteiger partial charge in [-0.15, -0.1) is 11.3 Å². The lowest BCUT2D eigenvalue weighted by atomic mass is 10.1. The van der Waals surface area contributed by atoms with Gasteiger partial charge in [0.25, 0.3) is 0 Å². The molecule has 0 radical (unpaired) electrons. The first-order valence-electron chi connectivity index (χ1n) is 8.54. The topological polar surface area (TPSA) is 46.1 Å². The number of hydrogen-bond acceptors (Lipinski definition) is 2. The molecule has 0 aliphatic heterocycles. The standard InChI is InChI=1S/C21H18ClN3OS/c1-25-18-9-3-2-8-16(18)17(20(25)19-10-5-11-27-19)13-23-21(26)24-15-7-4-6-14(22)12-15/h2-12H,13H2,1H3,(H2,23,24,26). The fraction of sp³-hybridized carbons (Fsp3) is 0.0952. The predicted octanol–water partition coefficient (Wildman–Crippen LogP) is 5.88. The van der Waals surface area contributed by atoms with E-state index in [4.69, 9.17) is 11.6 Å². The molecule has 4 nitrogen and oxygen atoms in total. The third kappa shape index (κ3) is 3.56. The molecule has 0 aliphatic rings. The normalized spacial score (nSPS) is 10.9. The number of para-hydroxylation sites is 1. The Bertz CT molecular complexity index is 1100. The Morgan fingerprint density at radius 2 is 1.96 bits per heavy atom. The molecule has 2 N–H and O–H groups in total. The molecule has 2 aromatic heterocycles. The first kappa shape index (κ1) is 17.6. The lowest BCUT2D eigenvalue weighted by molar-refractivity contribution is 0.252. The maximum absolute atomic E-state index is 12.4. The van der Waals surface area contributed by atoms with E-state index in [1.165, 1.54) is 4.88 Å². The van der Waals surface area contributed by atoms with E-state index in [2.05, 4.69) is 45.8 Å². The average molecular weight is 396 g/mol. The zero-order chi connectivity index (χ0) is 18.8. The summed E-state index contributed by atoms with van der Waals surface area (Å²) in [5.41, 5.74) is 4.05. The molecule has 0 aliphatic carbocycles. The second kappa shape index (κ2) is 7.47. The molecule has 2 heterocycles. The SMILES string of the molecule is Cn1c(-c2cccs2)c(CNC(=O)Nc2cccc(Cl)c2)c2ccccc21. The molecule has 0 saturated heterocycles. The van der Waals surface area contributed by atoms with Crippen molar-refractivity contribution in [3.05, 3.63) is 76.6 Å². The Labute approximate surface area is 166 Å². The number of halogens is 1. The third-order valence-corrected chi connectivity index (χ3v) is 5.59. The van der Waals surface area contributed by atoms with Crippen LogP contribution in [0.5, 0.6) is 0 Å². The smallest absolute Gasteiger partial charge is 0.319 e. The van der Waals surface area contributed by atoms with E-state index in [-0.39, 0.29) is 6.03 Å². The average Bonchev–Trinajstić information content (AvgIpc) is 3.27. The highest BCUT2D eigenvalue weighted by Crippen LogP contribution is 2.35. The van der Waals surface area contributed by atoms with E-state index in [1.54, 1.807) is 35.6 Å². The van der Waals surface area contributed by atoms with Crippen LogP contribution in [0.25, 0.3) is 21.5 Å². The number of rotatable bonds is 4. The molecule has 6 heteroatoms. The Kier molecular flexibility index (Phi) is 4.88. The number of carbonyl (C=O) groups excluding carboxylic acids is 1. The monoisotopic (exact) mass is 395 g/mol. The fourth-order valence-electron chi connectivity index (χ4n) is 3.29. The van der Waals surface area contributed by atoms with Crippen LogP contribution >= 0.6 is 22.9 Å². The maximum atomic E-state index is 12.4. The first-order chi connectivity index (χ1) is 13.1. The highest BCUT2D eigenvalue weighted by Gasteiger charge is 2.17. The first-order valence-corrected chi connectivity index (χ1v) is 9.80. The minimum Gasteiger partial charge on any atom is -0.343 e. The molecular weight excluding hydrogens is 378 g/mol. The van der Waals surface area contributed by atoms with Crippen LogP contribution in [0, 0.1) is 0 Å². The number of anilines is 1. The summed E-state index contributed by atoms with van der Waals surface area (Å²) in [6.45, 7) is 0.432. The van der Waals surface area contributed by atoms with Crippen molar-refractivity contribution in [2.75, 3.05) is 5.32 Å². The molecular formula is C21H18ClN3OS. The van der Waals surface area contributed by atoms with Crippen molar-refractivity contribution in [2.45, 2.75) is 6.54 Å². The number of aryl methyl sites for hydroxylation is 1. The second-order valence-corrected chi connectivity index (χ2v) is 7.58.